The summed E-state index contributed by atoms with van der Waals surface area (Å²) >= 11 is 0. The lowest BCUT2D eigenvalue weighted by Gasteiger charge is -2.16. The molecular formula is C15H23N3O2. The Hall–Kier alpha value is -1.91. The fraction of sp³-hybridized carbons (Fsp3) is 0.533. The van der Waals surface area contributed by atoms with Gasteiger partial charge < -0.3 is 20.1 Å². The van der Waals surface area contributed by atoms with Crippen LogP contribution in [0.4, 0.5) is 0 Å². The number of nitrogens with one attached hydrogen (secondary N) is 2. The van der Waals surface area contributed by atoms with E-state index in [0.29, 0.717) is 19.4 Å². The molecule has 0 aliphatic carbocycles. The summed E-state index contributed by atoms with van der Waals surface area (Å²) in [6, 6.07) is 6.34. The Bertz CT molecular complexity index is 474. The average molecular weight is 277 g/mol. The van der Waals surface area contributed by atoms with E-state index in [9.17, 15) is 0 Å². The molecule has 20 heavy (non-hydrogen) atoms. The molecule has 0 radical (unpaired) electrons. The second-order valence-electron chi connectivity index (χ2n) is 4.84. The number of guanidine groups is 1. The quantitative estimate of drug-likeness (QED) is 0.640. The Morgan fingerprint density at radius 3 is 2.85 bits per heavy atom. The van der Waals surface area contributed by atoms with Gasteiger partial charge in [-0.2, -0.15) is 0 Å². The fourth-order valence-electron chi connectivity index (χ4n) is 1.87. The lowest BCUT2D eigenvalue weighted by Crippen LogP contribution is -2.41. The van der Waals surface area contributed by atoms with Gasteiger partial charge in [0, 0.05) is 12.6 Å². The standard InChI is InChI=1S/C15H23N3O2/c1-4-11(3)18-15(16-5-2)17-9-12-6-7-13-14(8-12)20-10-19-13/h6-8,11H,4-5,9-10H2,1-3H3,(H2,16,17,18). The highest BCUT2D eigenvalue weighted by molar-refractivity contribution is 5.80. The molecule has 2 N–H and O–H groups in total. The molecule has 1 aromatic rings. The fourth-order valence-corrected chi connectivity index (χ4v) is 1.87. The molecule has 110 valence electrons. The molecule has 0 saturated heterocycles. The van der Waals surface area contributed by atoms with Gasteiger partial charge >= 0.3 is 0 Å². The molecule has 0 aromatic heterocycles. The summed E-state index contributed by atoms with van der Waals surface area (Å²) in [5.41, 5.74) is 1.11. The van der Waals surface area contributed by atoms with Crippen molar-refractivity contribution in [2.45, 2.75) is 39.8 Å². The third kappa shape index (κ3) is 3.79. The highest BCUT2D eigenvalue weighted by Gasteiger charge is 2.13. The largest absolute Gasteiger partial charge is 0.454 e. The molecule has 2 rings (SSSR count). The van der Waals surface area contributed by atoms with Gasteiger partial charge in [-0.3, -0.25) is 0 Å². The zero-order valence-electron chi connectivity index (χ0n) is 12.4. The van der Waals surface area contributed by atoms with Crippen molar-refractivity contribution in [2.75, 3.05) is 13.3 Å². The Morgan fingerprint density at radius 1 is 1.30 bits per heavy atom. The summed E-state index contributed by atoms with van der Waals surface area (Å²) in [7, 11) is 0. The zero-order chi connectivity index (χ0) is 14.4. The van der Waals surface area contributed by atoms with Crippen LogP contribution in [-0.4, -0.2) is 25.3 Å². The van der Waals surface area contributed by atoms with E-state index in [1.807, 2.05) is 18.2 Å². The maximum absolute atomic E-state index is 5.37. The number of hydrogen-bond donors (Lipinski definition) is 2. The van der Waals surface area contributed by atoms with E-state index < -0.39 is 0 Å². The first-order valence-electron chi connectivity index (χ1n) is 7.16. The predicted octanol–water partition coefficient (Wildman–Crippen LogP) is 2.27. The molecule has 1 aliphatic heterocycles. The van der Waals surface area contributed by atoms with Crippen LogP contribution in [0.15, 0.2) is 23.2 Å². The molecule has 1 aliphatic rings. The third-order valence-electron chi connectivity index (χ3n) is 3.20. The van der Waals surface area contributed by atoms with Gasteiger partial charge in [0.1, 0.15) is 0 Å². The molecule has 0 bridgehead atoms. The summed E-state index contributed by atoms with van der Waals surface area (Å²) in [5, 5.41) is 6.63. The van der Waals surface area contributed by atoms with Crippen molar-refractivity contribution < 1.29 is 9.47 Å². The molecule has 1 heterocycles. The van der Waals surface area contributed by atoms with Crippen LogP contribution in [-0.2, 0) is 6.54 Å². The van der Waals surface area contributed by atoms with E-state index >= 15 is 0 Å². The molecule has 5 heteroatoms. The number of nitrogens with zero attached hydrogens (tertiary/aromatic N) is 1. The van der Waals surface area contributed by atoms with Crippen molar-refractivity contribution in [1.29, 1.82) is 0 Å². The van der Waals surface area contributed by atoms with Crippen LogP contribution in [0.3, 0.4) is 0 Å². The summed E-state index contributed by atoms with van der Waals surface area (Å²) in [5.74, 6) is 2.46. The molecular weight excluding hydrogens is 254 g/mol. The van der Waals surface area contributed by atoms with Crippen molar-refractivity contribution in [3.63, 3.8) is 0 Å². The maximum Gasteiger partial charge on any atom is 0.231 e. The Balaban J connectivity index is 2.01. The van der Waals surface area contributed by atoms with Gasteiger partial charge in [0.15, 0.2) is 17.5 Å². The Labute approximate surface area is 120 Å². The van der Waals surface area contributed by atoms with Crippen LogP contribution in [0.25, 0.3) is 0 Å². The lowest BCUT2D eigenvalue weighted by molar-refractivity contribution is 0.174. The molecule has 1 unspecified atom stereocenters. The first-order chi connectivity index (χ1) is 9.72. The van der Waals surface area contributed by atoms with Crippen molar-refractivity contribution in [3.05, 3.63) is 23.8 Å². The van der Waals surface area contributed by atoms with Crippen molar-refractivity contribution in [2.24, 2.45) is 4.99 Å². The number of fused-ring (bicyclic) bond motifs is 1. The second-order valence-corrected chi connectivity index (χ2v) is 4.84. The summed E-state index contributed by atoms with van der Waals surface area (Å²) < 4.78 is 10.7. The Morgan fingerprint density at radius 2 is 2.10 bits per heavy atom. The van der Waals surface area contributed by atoms with E-state index in [-0.39, 0.29) is 0 Å². The van der Waals surface area contributed by atoms with E-state index in [1.54, 1.807) is 0 Å². The van der Waals surface area contributed by atoms with Crippen LogP contribution in [0, 0.1) is 0 Å². The van der Waals surface area contributed by atoms with Gasteiger partial charge in [-0.15, -0.1) is 0 Å². The van der Waals surface area contributed by atoms with Crippen LogP contribution in [0.2, 0.25) is 0 Å². The van der Waals surface area contributed by atoms with Crippen molar-refractivity contribution in [1.82, 2.24) is 10.6 Å². The third-order valence-corrected chi connectivity index (χ3v) is 3.20. The highest BCUT2D eigenvalue weighted by Crippen LogP contribution is 2.32. The van der Waals surface area contributed by atoms with E-state index in [2.05, 4.69) is 36.4 Å². The van der Waals surface area contributed by atoms with Crippen LogP contribution >= 0.6 is 0 Å². The van der Waals surface area contributed by atoms with Crippen LogP contribution in [0.5, 0.6) is 11.5 Å². The first-order valence-corrected chi connectivity index (χ1v) is 7.16. The molecule has 1 atom stereocenters. The molecule has 0 amide bonds. The van der Waals surface area contributed by atoms with Gasteiger partial charge in [0.05, 0.1) is 6.54 Å². The monoisotopic (exact) mass is 277 g/mol. The average Bonchev–Trinajstić information content (AvgIpc) is 2.92. The Kier molecular flexibility index (Phi) is 5.09. The molecule has 0 saturated carbocycles. The van der Waals surface area contributed by atoms with Crippen molar-refractivity contribution in [3.8, 4) is 11.5 Å². The minimum atomic E-state index is 0.306. The van der Waals surface area contributed by atoms with Gasteiger partial charge in [-0.25, -0.2) is 4.99 Å². The summed E-state index contributed by atoms with van der Waals surface area (Å²) in [6.45, 7) is 8.13. The summed E-state index contributed by atoms with van der Waals surface area (Å²) in [6.07, 6.45) is 1.06. The molecule has 1 aromatic carbocycles. The number of aliphatic imine (C=N–C) groups is 1. The number of rotatable bonds is 5. The number of ether oxygens (including phenoxy) is 2. The smallest absolute Gasteiger partial charge is 0.231 e. The topological polar surface area (TPSA) is 54.9 Å². The van der Waals surface area contributed by atoms with Gasteiger partial charge in [0.2, 0.25) is 6.79 Å². The predicted molar refractivity (Wildman–Crippen MR) is 80.3 cm³/mol. The maximum atomic E-state index is 5.37. The van der Waals surface area contributed by atoms with E-state index in [1.165, 1.54) is 0 Å². The number of benzene rings is 1. The minimum Gasteiger partial charge on any atom is -0.454 e. The lowest BCUT2D eigenvalue weighted by atomic mass is 10.2. The SMILES string of the molecule is CCNC(=NCc1ccc2c(c1)OCO2)NC(C)CC. The first kappa shape index (κ1) is 14.5. The second kappa shape index (κ2) is 7.03. The molecule has 5 nitrogen and oxygen atoms in total. The van der Waals surface area contributed by atoms with Gasteiger partial charge in [-0.1, -0.05) is 13.0 Å². The van der Waals surface area contributed by atoms with E-state index in [4.69, 9.17) is 9.47 Å². The van der Waals surface area contributed by atoms with Gasteiger partial charge in [-0.05, 0) is 38.0 Å². The summed E-state index contributed by atoms with van der Waals surface area (Å²) in [4.78, 5) is 4.60. The van der Waals surface area contributed by atoms with E-state index in [0.717, 1.165) is 36.0 Å². The number of hydrogen-bond acceptors (Lipinski definition) is 3. The van der Waals surface area contributed by atoms with Crippen LogP contribution < -0.4 is 20.1 Å². The highest BCUT2D eigenvalue weighted by atomic mass is 16.7. The molecule has 0 fully saturated rings. The molecule has 0 spiro atoms. The zero-order valence-corrected chi connectivity index (χ0v) is 12.4. The normalized spacial score (nSPS) is 15.1. The van der Waals surface area contributed by atoms with Crippen molar-refractivity contribution >= 4 is 5.96 Å². The van der Waals surface area contributed by atoms with Crippen LogP contribution in [0.1, 0.15) is 32.8 Å². The van der Waals surface area contributed by atoms with Gasteiger partial charge in [0.25, 0.3) is 0 Å². The minimum absolute atomic E-state index is 0.306.